The molecule has 2 heteroatoms. The maximum Gasteiger partial charge on any atom is 0.0406 e. The van der Waals surface area contributed by atoms with Crippen molar-refractivity contribution in [1.82, 2.24) is 5.32 Å². The third-order valence-corrected chi connectivity index (χ3v) is 4.17. The number of hydrogen-bond donors (Lipinski definition) is 1. The van der Waals surface area contributed by atoms with Crippen molar-refractivity contribution in [2.24, 2.45) is 11.8 Å². The van der Waals surface area contributed by atoms with Gasteiger partial charge >= 0.3 is 0 Å². The molecule has 0 saturated heterocycles. The lowest BCUT2D eigenvalue weighted by atomic mass is 9.80. The van der Waals surface area contributed by atoms with Crippen LogP contribution < -0.4 is 5.32 Å². The van der Waals surface area contributed by atoms with Crippen LogP contribution in [0.4, 0.5) is 0 Å². The summed E-state index contributed by atoms with van der Waals surface area (Å²) in [5.74, 6) is 1.70. The number of rotatable bonds is 3. The van der Waals surface area contributed by atoms with Crippen LogP contribution in [0.2, 0.25) is 5.02 Å². The van der Waals surface area contributed by atoms with Gasteiger partial charge in [0.05, 0.1) is 0 Å². The van der Waals surface area contributed by atoms with Gasteiger partial charge in [0.15, 0.2) is 0 Å². The Morgan fingerprint density at radius 3 is 2.53 bits per heavy atom. The Morgan fingerprint density at radius 2 is 1.88 bits per heavy atom. The van der Waals surface area contributed by atoms with Crippen LogP contribution in [0.1, 0.15) is 38.7 Å². The molecule has 1 nitrogen and oxygen atoms in total. The van der Waals surface area contributed by atoms with E-state index in [1.807, 2.05) is 12.1 Å². The van der Waals surface area contributed by atoms with Gasteiger partial charge in [-0.1, -0.05) is 37.6 Å². The molecule has 1 saturated carbocycles. The summed E-state index contributed by atoms with van der Waals surface area (Å²) >= 11 is 5.88. The van der Waals surface area contributed by atoms with Crippen LogP contribution in [0.5, 0.6) is 0 Å². The van der Waals surface area contributed by atoms with E-state index >= 15 is 0 Å². The molecule has 1 aromatic carbocycles. The monoisotopic (exact) mass is 251 g/mol. The molecule has 0 heterocycles. The molecule has 0 bridgehead atoms. The van der Waals surface area contributed by atoms with E-state index in [0.717, 1.165) is 23.4 Å². The van der Waals surface area contributed by atoms with Gasteiger partial charge in [0.25, 0.3) is 0 Å². The molecular weight excluding hydrogens is 230 g/mol. The topological polar surface area (TPSA) is 12.0 Å². The fourth-order valence-corrected chi connectivity index (χ4v) is 2.95. The normalized spacial score (nSPS) is 29.2. The van der Waals surface area contributed by atoms with Crippen LogP contribution in [0.25, 0.3) is 0 Å². The SMILES string of the molecule is CC1CCC(NCc2ccc(Cl)cc2)C(C)C1. The first-order valence-corrected chi connectivity index (χ1v) is 7.01. The quantitative estimate of drug-likeness (QED) is 0.847. The van der Waals surface area contributed by atoms with Gasteiger partial charge in [0, 0.05) is 17.6 Å². The Labute approximate surface area is 110 Å². The first-order chi connectivity index (χ1) is 8.15. The minimum atomic E-state index is 0.682. The second-order valence-electron chi connectivity index (χ2n) is 5.51. The standard InChI is InChI=1S/C15H22ClN/c1-11-3-8-15(12(2)9-11)17-10-13-4-6-14(16)7-5-13/h4-7,11-12,15,17H,3,8-10H2,1-2H3. The van der Waals surface area contributed by atoms with Crippen molar-refractivity contribution in [2.45, 2.75) is 45.7 Å². The first-order valence-electron chi connectivity index (χ1n) is 6.63. The summed E-state index contributed by atoms with van der Waals surface area (Å²) in [6.07, 6.45) is 4.04. The summed E-state index contributed by atoms with van der Waals surface area (Å²) in [7, 11) is 0. The fraction of sp³-hybridized carbons (Fsp3) is 0.600. The highest BCUT2D eigenvalue weighted by Gasteiger charge is 2.24. The van der Waals surface area contributed by atoms with Crippen LogP contribution in [0.3, 0.4) is 0 Å². The van der Waals surface area contributed by atoms with E-state index in [0.29, 0.717) is 6.04 Å². The number of hydrogen-bond acceptors (Lipinski definition) is 1. The molecule has 2 rings (SSSR count). The van der Waals surface area contributed by atoms with Crippen LogP contribution in [-0.2, 0) is 6.54 Å². The van der Waals surface area contributed by atoms with Crippen molar-refractivity contribution >= 4 is 11.6 Å². The predicted octanol–water partition coefficient (Wildman–Crippen LogP) is 4.25. The van der Waals surface area contributed by atoms with E-state index in [4.69, 9.17) is 11.6 Å². The smallest absolute Gasteiger partial charge is 0.0406 e. The third kappa shape index (κ3) is 3.72. The van der Waals surface area contributed by atoms with Crippen molar-refractivity contribution < 1.29 is 0 Å². The van der Waals surface area contributed by atoms with Gasteiger partial charge in [0.1, 0.15) is 0 Å². The third-order valence-electron chi connectivity index (χ3n) is 3.91. The minimum absolute atomic E-state index is 0.682. The molecule has 17 heavy (non-hydrogen) atoms. The predicted molar refractivity (Wildman–Crippen MR) is 74.3 cm³/mol. The van der Waals surface area contributed by atoms with E-state index in [2.05, 4.69) is 31.3 Å². The molecule has 0 spiro atoms. The Morgan fingerprint density at radius 1 is 1.18 bits per heavy atom. The molecule has 1 aromatic rings. The zero-order valence-corrected chi connectivity index (χ0v) is 11.5. The Hall–Kier alpha value is -0.530. The fourth-order valence-electron chi connectivity index (χ4n) is 2.82. The highest BCUT2D eigenvalue weighted by atomic mass is 35.5. The molecular formula is C15H22ClN. The molecule has 1 fully saturated rings. The van der Waals surface area contributed by atoms with Gasteiger partial charge in [-0.25, -0.2) is 0 Å². The van der Waals surface area contributed by atoms with Crippen LogP contribution in [0.15, 0.2) is 24.3 Å². The van der Waals surface area contributed by atoms with Crippen LogP contribution >= 0.6 is 11.6 Å². The van der Waals surface area contributed by atoms with Crippen LogP contribution in [-0.4, -0.2) is 6.04 Å². The zero-order valence-electron chi connectivity index (χ0n) is 10.7. The van der Waals surface area contributed by atoms with Gasteiger partial charge in [-0.2, -0.15) is 0 Å². The minimum Gasteiger partial charge on any atom is -0.310 e. The summed E-state index contributed by atoms with van der Waals surface area (Å²) in [6, 6.07) is 8.81. The summed E-state index contributed by atoms with van der Waals surface area (Å²) in [4.78, 5) is 0. The summed E-state index contributed by atoms with van der Waals surface area (Å²) in [6.45, 7) is 5.70. The number of benzene rings is 1. The average molecular weight is 252 g/mol. The van der Waals surface area contributed by atoms with E-state index < -0.39 is 0 Å². The highest BCUT2D eigenvalue weighted by molar-refractivity contribution is 6.30. The summed E-state index contributed by atoms with van der Waals surface area (Å²) in [5.41, 5.74) is 1.32. The Bertz CT molecular complexity index is 346. The van der Waals surface area contributed by atoms with Gasteiger partial charge in [-0.3, -0.25) is 0 Å². The molecule has 0 amide bonds. The van der Waals surface area contributed by atoms with Gasteiger partial charge < -0.3 is 5.32 Å². The lowest BCUT2D eigenvalue weighted by Crippen LogP contribution is -2.38. The second-order valence-corrected chi connectivity index (χ2v) is 5.95. The van der Waals surface area contributed by atoms with Crippen LogP contribution in [0, 0.1) is 11.8 Å². The van der Waals surface area contributed by atoms with Crippen molar-refractivity contribution in [3.8, 4) is 0 Å². The van der Waals surface area contributed by atoms with Gasteiger partial charge in [-0.15, -0.1) is 0 Å². The second kappa shape index (κ2) is 5.88. The van der Waals surface area contributed by atoms with Gasteiger partial charge in [0.2, 0.25) is 0 Å². The van der Waals surface area contributed by atoms with Crippen molar-refractivity contribution in [3.63, 3.8) is 0 Å². The maximum absolute atomic E-state index is 5.88. The molecule has 3 atom stereocenters. The lowest BCUT2D eigenvalue weighted by Gasteiger charge is -2.33. The van der Waals surface area contributed by atoms with Crippen molar-refractivity contribution in [3.05, 3.63) is 34.9 Å². The van der Waals surface area contributed by atoms with Crippen molar-refractivity contribution in [1.29, 1.82) is 0 Å². The highest BCUT2D eigenvalue weighted by Crippen LogP contribution is 2.28. The molecule has 0 radical (unpaired) electrons. The lowest BCUT2D eigenvalue weighted by molar-refractivity contribution is 0.227. The summed E-state index contributed by atoms with van der Waals surface area (Å²) in [5, 5.41) is 4.50. The Kier molecular flexibility index (Phi) is 4.47. The van der Waals surface area contributed by atoms with E-state index in [-0.39, 0.29) is 0 Å². The molecule has 0 aromatic heterocycles. The zero-order chi connectivity index (χ0) is 12.3. The number of halogens is 1. The van der Waals surface area contributed by atoms with E-state index in [1.54, 1.807) is 0 Å². The summed E-state index contributed by atoms with van der Waals surface area (Å²) < 4.78 is 0. The molecule has 1 aliphatic carbocycles. The molecule has 0 aliphatic heterocycles. The molecule has 3 unspecified atom stereocenters. The van der Waals surface area contributed by atoms with Crippen molar-refractivity contribution in [2.75, 3.05) is 0 Å². The molecule has 1 aliphatic rings. The average Bonchev–Trinajstić information content (AvgIpc) is 2.30. The largest absolute Gasteiger partial charge is 0.310 e. The molecule has 1 N–H and O–H groups in total. The number of nitrogens with one attached hydrogen (secondary N) is 1. The molecule has 94 valence electrons. The van der Waals surface area contributed by atoms with E-state index in [1.165, 1.54) is 24.8 Å². The van der Waals surface area contributed by atoms with E-state index in [9.17, 15) is 0 Å². The Balaban J connectivity index is 1.83. The first kappa shape index (κ1) is 12.9. The van der Waals surface area contributed by atoms with Gasteiger partial charge in [-0.05, 0) is 48.8 Å². The maximum atomic E-state index is 5.88.